The number of nitrogens with zero attached hydrogens (tertiary/aromatic N) is 1. The van der Waals surface area contributed by atoms with Crippen LogP contribution in [-0.2, 0) is 11.3 Å². The maximum atomic E-state index is 11.1. The summed E-state index contributed by atoms with van der Waals surface area (Å²) >= 11 is 0. The maximum Gasteiger partial charge on any atom is 0.335 e. The normalized spacial score (nSPS) is 14.4. The monoisotopic (exact) mass is 548 g/mol. The number of likely N-dealkylation sites (tertiary alicyclic amines) is 1. The summed E-state index contributed by atoms with van der Waals surface area (Å²) in [4.78, 5) is 17.0. The molecule has 6 heteroatoms. The summed E-state index contributed by atoms with van der Waals surface area (Å²) in [6.45, 7) is 10.0. The lowest BCUT2D eigenvalue weighted by Crippen LogP contribution is -2.36. The number of ether oxygens (including phenoxy) is 2. The average Bonchev–Trinajstić information content (AvgIpc) is 3.48. The van der Waals surface area contributed by atoms with Gasteiger partial charge < -0.3 is 19.6 Å². The highest BCUT2D eigenvalue weighted by Crippen LogP contribution is 2.32. The summed E-state index contributed by atoms with van der Waals surface area (Å²) in [5, 5.41) is 10.3. The van der Waals surface area contributed by atoms with Crippen LogP contribution in [0, 0.1) is 6.92 Å². The molecule has 1 aliphatic heterocycles. The number of hydrogen-bond donors (Lipinski definition) is 2. The van der Waals surface area contributed by atoms with E-state index in [4.69, 9.17) is 14.6 Å². The van der Waals surface area contributed by atoms with E-state index in [1.165, 1.54) is 41.3 Å². The Balaban J connectivity index is 0.00000216. The fourth-order valence-electron chi connectivity index (χ4n) is 5.38. The van der Waals surface area contributed by atoms with Gasteiger partial charge in [0, 0.05) is 48.9 Å². The van der Waals surface area contributed by atoms with Crippen molar-refractivity contribution in [3.63, 3.8) is 0 Å². The molecule has 0 aliphatic carbocycles. The van der Waals surface area contributed by atoms with E-state index in [1.54, 1.807) is 25.3 Å². The molecule has 6 nitrogen and oxygen atoms in total. The molecular formula is C34H48N2O4. The zero-order valence-electron chi connectivity index (χ0n) is 24.9. The van der Waals surface area contributed by atoms with E-state index in [1.807, 2.05) is 32.2 Å². The fraction of sp³-hybridized carbons (Fsp3) is 0.500. The predicted octanol–water partition coefficient (Wildman–Crippen LogP) is 8.24. The van der Waals surface area contributed by atoms with Crippen molar-refractivity contribution >= 4 is 22.9 Å². The van der Waals surface area contributed by atoms with Gasteiger partial charge in [0.25, 0.3) is 0 Å². The van der Waals surface area contributed by atoms with Crippen LogP contribution < -0.4 is 4.74 Å². The highest BCUT2D eigenvalue weighted by molar-refractivity contribution is 5.88. The van der Waals surface area contributed by atoms with Gasteiger partial charge in [0.05, 0.1) is 18.8 Å². The van der Waals surface area contributed by atoms with Crippen LogP contribution in [0.5, 0.6) is 5.75 Å². The number of carboxylic acids is 1. The third-order valence-electron chi connectivity index (χ3n) is 7.56. The molecule has 0 unspecified atom stereocenters. The van der Waals surface area contributed by atoms with Gasteiger partial charge in [-0.3, -0.25) is 4.90 Å². The smallest absolute Gasteiger partial charge is 0.335 e. The van der Waals surface area contributed by atoms with Crippen LogP contribution in [0.2, 0.25) is 0 Å². The molecule has 0 bridgehead atoms. The van der Waals surface area contributed by atoms with Crippen molar-refractivity contribution in [2.24, 2.45) is 0 Å². The molecular weight excluding hydrogens is 500 g/mol. The van der Waals surface area contributed by atoms with Crippen molar-refractivity contribution in [1.29, 1.82) is 0 Å². The average molecular weight is 549 g/mol. The molecule has 0 amide bonds. The minimum Gasteiger partial charge on any atom is -0.496 e. The number of methoxy groups -OCH3 is 1. The van der Waals surface area contributed by atoms with Crippen molar-refractivity contribution in [2.45, 2.75) is 84.8 Å². The third kappa shape index (κ3) is 9.24. The number of H-pyrrole nitrogens is 1. The van der Waals surface area contributed by atoms with Crippen molar-refractivity contribution < 1.29 is 19.4 Å². The Hall–Kier alpha value is -3.09. The molecule has 0 radical (unpaired) electrons. The molecule has 0 saturated carbocycles. The number of piperidine rings is 1. The van der Waals surface area contributed by atoms with E-state index in [2.05, 4.69) is 35.0 Å². The van der Waals surface area contributed by atoms with E-state index in [0.717, 1.165) is 69.7 Å². The summed E-state index contributed by atoms with van der Waals surface area (Å²) in [5.41, 5.74) is 4.98. The molecule has 3 aromatic rings. The number of allylic oxidation sites excluding steroid dienone is 1. The first-order valence-corrected chi connectivity index (χ1v) is 15.0. The van der Waals surface area contributed by atoms with E-state index >= 15 is 0 Å². The van der Waals surface area contributed by atoms with Gasteiger partial charge in [0.15, 0.2) is 0 Å². The molecule has 4 rings (SSSR count). The Morgan fingerprint density at radius 2 is 1.82 bits per heavy atom. The number of unbranched alkanes of at least 4 members (excludes halogenated alkanes) is 5. The second-order valence-corrected chi connectivity index (χ2v) is 10.4. The predicted molar refractivity (Wildman–Crippen MR) is 165 cm³/mol. The molecule has 218 valence electrons. The summed E-state index contributed by atoms with van der Waals surface area (Å²) < 4.78 is 11.9. The number of aromatic carboxylic acids is 1. The summed E-state index contributed by atoms with van der Waals surface area (Å²) in [7, 11) is 1.76. The highest BCUT2D eigenvalue weighted by Gasteiger charge is 2.22. The van der Waals surface area contributed by atoms with E-state index in [-0.39, 0.29) is 0 Å². The van der Waals surface area contributed by atoms with E-state index < -0.39 is 5.97 Å². The Kier molecular flexibility index (Phi) is 13.3. The van der Waals surface area contributed by atoms with Gasteiger partial charge in [-0.05, 0) is 74.4 Å². The van der Waals surface area contributed by atoms with Crippen LogP contribution in [-0.4, -0.2) is 53.9 Å². The van der Waals surface area contributed by atoms with Gasteiger partial charge in [-0.15, -0.1) is 0 Å². The molecule has 40 heavy (non-hydrogen) atoms. The number of aromatic amines is 1. The standard InChI is InChI=1S/C32H42N2O4.C2H6/c1-24-21-30(37-2)29(28-14-17-33-31(24)28)23-34-18-15-27(16-19-34)38-20-9-7-5-3-4-6-8-11-25-12-10-13-26(22-25)32(35)36;1-2/h8,10-14,17,21-22,27,33H,3-7,9,15-16,18-20,23H2,1-2H3,(H,35,36);1-2H3/b11-8+;. The minimum atomic E-state index is -0.882. The van der Waals surface area contributed by atoms with Crippen LogP contribution in [0.1, 0.15) is 92.3 Å². The van der Waals surface area contributed by atoms with Crippen LogP contribution in [0.3, 0.4) is 0 Å². The van der Waals surface area contributed by atoms with Crippen LogP contribution in [0.25, 0.3) is 17.0 Å². The quantitative estimate of drug-likeness (QED) is 0.198. The number of nitrogens with one attached hydrogen (secondary N) is 1. The Morgan fingerprint density at radius 3 is 2.58 bits per heavy atom. The first kappa shape index (κ1) is 31.4. The molecule has 2 heterocycles. The van der Waals surface area contributed by atoms with Gasteiger partial charge in [0.1, 0.15) is 5.75 Å². The highest BCUT2D eigenvalue weighted by atomic mass is 16.5. The third-order valence-corrected chi connectivity index (χ3v) is 7.56. The zero-order valence-corrected chi connectivity index (χ0v) is 24.9. The van der Waals surface area contributed by atoms with Gasteiger partial charge in [0.2, 0.25) is 0 Å². The first-order valence-electron chi connectivity index (χ1n) is 15.0. The lowest BCUT2D eigenvalue weighted by Gasteiger charge is -2.32. The van der Waals surface area contributed by atoms with Crippen LogP contribution in [0.15, 0.2) is 48.7 Å². The molecule has 1 saturated heterocycles. The van der Waals surface area contributed by atoms with Gasteiger partial charge in [-0.2, -0.15) is 0 Å². The number of carboxylic acid groups (broad SMARTS) is 1. The van der Waals surface area contributed by atoms with E-state index in [9.17, 15) is 4.79 Å². The molecule has 2 aromatic carbocycles. The largest absolute Gasteiger partial charge is 0.496 e. The van der Waals surface area contributed by atoms with Crippen LogP contribution in [0.4, 0.5) is 0 Å². The van der Waals surface area contributed by atoms with Crippen LogP contribution >= 0.6 is 0 Å². The number of aryl methyl sites for hydroxylation is 1. The van der Waals surface area contributed by atoms with Crippen molar-refractivity contribution in [1.82, 2.24) is 9.88 Å². The van der Waals surface area contributed by atoms with E-state index in [0.29, 0.717) is 11.7 Å². The molecule has 1 aromatic heterocycles. The molecule has 1 aliphatic rings. The number of carbonyl (C=O) groups is 1. The van der Waals surface area contributed by atoms with Crippen molar-refractivity contribution in [3.05, 3.63) is 70.9 Å². The van der Waals surface area contributed by atoms with Crippen molar-refractivity contribution in [2.75, 3.05) is 26.8 Å². The Labute approximate surface area is 240 Å². The van der Waals surface area contributed by atoms with Gasteiger partial charge in [-0.25, -0.2) is 4.79 Å². The lowest BCUT2D eigenvalue weighted by molar-refractivity contribution is 0.00423. The second kappa shape index (κ2) is 16.9. The minimum absolute atomic E-state index is 0.334. The van der Waals surface area contributed by atoms with Crippen molar-refractivity contribution in [3.8, 4) is 5.75 Å². The maximum absolute atomic E-state index is 11.1. The lowest BCUT2D eigenvalue weighted by atomic mass is 10.0. The summed E-state index contributed by atoms with van der Waals surface area (Å²) in [5.74, 6) is 0.0989. The first-order chi connectivity index (χ1) is 19.5. The number of fused-ring (bicyclic) bond motifs is 1. The molecule has 2 N–H and O–H groups in total. The summed E-state index contributed by atoms with van der Waals surface area (Å²) in [6, 6.07) is 11.4. The number of rotatable bonds is 14. The topological polar surface area (TPSA) is 74.8 Å². The molecule has 1 fully saturated rings. The Bertz CT molecular complexity index is 1210. The second-order valence-electron chi connectivity index (χ2n) is 10.4. The Morgan fingerprint density at radius 1 is 1.07 bits per heavy atom. The number of aromatic nitrogens is 1. The zero-order chi connectivity index (χ0) is 28.7. The van der Waals surface area contributed by atoms with Gasteiger partial charge >= 0.3 is 5.97 Å². The number of hydrogen-bond acceptors (Lipinski definition) is 4. The summed E-state index contributed by atoms with van der Waals surface area (Å²) in [6.07, 6.45) is 15.7. The number of benzene rings is 2. The molecule has 0 spiro atoms. The molecule has 0 atom stereocenters. The SMILES string of the molecule is CC.COc1cc(C)c2[nH]ccc2c1CN1CCC(OCCCCCCC/C=C/c2cccc(C(=O)O)c2)CC1. The fourth-order valence-corrected chi connectivity index (χ4v) is 5.38. The van der Waals surface area contributed by atoms with Gasteiger partial charge in [-0.1, -0.05) is 57.4 Å².